The van der Waals surface area contributed by atoms with Crippen molar-refractivity contribution in [3.05, 3.63) is 0 Å². The zero-order valence-corrected chi connectivity index (χ0v) is 8.30. The number of hydrogen-bond acceptors (Lipinski definition) is 4. The molecule has 0 spiro atoms. The van der Waals surface area contributed by atoms with Crippen molar-refractivity contribution >= 4 is 158 Å². The van der Waals surface area contributed by atoms with Gasteiger partial charge >= 0.3 is 139 Å². The Bertz CT molecular complexity index is 174. The van der Waals surface area contributed by atoms with Crippen LogP contribution in [0.3, 0.4) is 0 Å². The average molecular weight is 341 g/mol. The van der Waals surface area contributed by atoms with Gasteiger partial charge in [-0.1, -0.05) is 0 Å². The summed E-state index contributed by atoms with van der Waals surface area (Å²) in [5.41, 5.74) is 0. The van der Waals surface area contributed by atoms with Gasteiger partial charge in [-0.05, 0) is 23.2 Å². The Labute approximate surface area is 187 Å². The summed E-state index contributed by atoms with van der Waals surface area (Å²) >= 11 is 9.96. The maximum atomic E-state index is 9.94. The van der Waals surface area contributed by atoms with Crippen LogP contribution in [-0.2, 0) is 18.2 Å². The van der Waals surface area contributed by atoms with Crippen LogP contribution in [0.2, 0.25) is 0 Å². The molecule has 0 aliphatic heterocycles. The van der Waals surface area contributed by atoms with Crippen molar-refractivity contribution < 1.29 is 28.0 Å². The predicted molar refractivity (Wildman–Crippen MR) is 67.6 cm³/mol. The summed E-state index contributed by atoms with van der Waals surface area (Å²) < 4.78 is 25.0. The van der Waals surface area contributed by atoms with E-state index in [1.165, 1.54) is 0 Å². The number of halogens is 2. The van der Waals surface area contributed by atoms with Crippen LogP contribution in [-0.4, -0.2) is 133 Å². The Kier molecular flexibility index (Phi) is 36.1. The first kappa shape index (κ1) is 32.0. The SMILES string of the molecule is O=[PH](O)OC(Cl)(Cl)O[PH](=O)O.[NaH].[NaH].[NaH].[NaH]. The molecule has 0 aromatic heterocycles. The third-order valence-corrected chi connectivity index (χ3v) is 2.16. The van der Waals surface area contributed by atoms with Gasteiger partial charge in [-0.15, -0.1) is 0 Å². The molecule has 0 heterocycles. The zero-order chi connectivity index (χ0) is 9.07. The molecule has 14 heteroatoms. The topological polar surface area (TPSA) is 93.1 Å². The molecule has 0 rings (SSSR count). The fourth-order valence-electron chi connectivity index (χ4n) is 0.224. The third-order valence-electron chi connectivity index (χ3n) is 0.412. The Morgan fingerprint density at radius 3 is 1.20 bits per heavy atom. The van der Waals surface area contributed by atoms with Crippen LogP contribution in [0.4, 0.5) is 0 Å². The van der Waals surface area contributed by atoms with Crippen LogP contribution >= 0.6 is 39.7 Å². The van der Waals surface area contributed by atoms with Crippen molar-refractivity contribution in [2.75, 3.05) is 0 Å². The Hall–Kier alpha value is 4.88. The van der Waals surface area contributed by atoms with Gasteiger partial charge < -0.3 is 9.79 Å². The van der Waals surface area contributed by atoms with E-state index in [0.717, 1.165) is 0 Å². The molecule has 0 saturated heterocycles. The number of rotatable bonds is 4. The molecule has 0 saturated carbocycles. The van der Waals surface area contributed by atoms with Crippen LogP contribution < -0.4 is 0 Å². The van der Waals surface area contributed by atoms with E-state index in [1.807, 2.05) is 0 Å². The maximum absolute atomic E-state index is 9.94. The second-order valence-electron chi connectivity index (χ2n) is 1.20. The summed E-state index contributed by atoms with van der Waals surface area (Å²) in [6.45, 7) is 0. The average Bonchev–Trinajstić information content (AvgIpc) is 1.53. The first-order chi connectivity index (χ1) is 4.83. The molecule has 2 atom stereocenters. The fraction of sp³-hybridized carbons (Fsp3) is 1.00. The van der Waals surface area contributed by atoms with E-state index >= 15 is 0 Å². The molecular weight excluding hydrogens is 333 g/mol. The standard InChI is InChI=1S/CH4Cl2O6P2.4Na.4H/c2-1(3,8-10(4)5)9-11(6)7;;;;;;;;/h10-11H,(H,4,5)(H,6,7);;;;;;;;. The van der Waals surface area contributed by atoms with Crippen LogP contribution in [0.1, 0.15) is 0 Å². The van der Waals surface area contributed by atoms with E-state index in [9.17, 15) is 9.13 Å². The molecule has 2 N–H and O–H groups in total. The summed E-state index contributed by atoms with van der Waals surface area (Å²) in [6, 6.07) is 0. The normalized spacial score (nSPS) is 13.1. The summed E-state index contributed by atoms with van der Waals surface area (Å²) in [5, 5.41) is 0. The molecule has 0 aliphatic carbocycles. The van der Waals surface area contributed by atoms with E-state index in [1.54, 1.807) is 0 Å². The van der Waals surface area contributed by atoms with Crippen LogP contribution in [0, 0.1) is 0 Å². The molecule has 0 amide bonds. The molecule has 15 heavy (non-hydrogen) atoms. The first-order valence-corrected chi connectivity index (χ1v) is 5.33. The van der Waals surface area contributed by atoms with Gasteiger partial charge in [0, 0.05) is 0 Å². The molecule has 2 unspecified atom stereocenters. The first-order valence-electron chi connectivity index (χ1n) is 2.05. The number of alkyl halides is 2. The van der Waals surface area contributed by atoms with Crippen LogP contribution in [0.5, 0.6) is 0 Å². The van der Waals surface area contributed by atoms with E-state index < -0.39 is 21.2 Å². The van der Waals surface area contributed by atoms with Gasteiger partial charge in [0.15, 0.2) is 0 Å². The Morgan fingerprint density at radius 2 is 1.07 bits per heavy atom. The molecule has 0 fully saturated rings. The molecule has 0 aliphatic rings. The van der Waals surface area contributed by atoms with Gasteiger partial charge in [-0.3, -0.25) is 9.13 Å². The second kappa shape index (κ2) is 16.9. The minimum absolute atomic E-state index is 0. The summed E-state index contributed by atoms with van der Waals surface area (Å²) in [7, 11) is -6.82. The summed E-state index contributed by atoms with van der Waals surface area (Å²) in [5.74, 6) is 0. The monoisotopic (exact) mass is 340 g/mol. The summed E-state index contributed by atoms with van der Waals surface area (Å²) in [4.78, 5) is 16.2. The minimum atomic E-state index is -3.41. The van der Waals surface area contributed by atoms with E-state index in [0.29, 0.717) is 0 Å². The summed E-state index contributed by atoms with van der Waals surface area (Å²) in [6.07, 6.45) is 0. The van der Waals surface area contributed by atoms with Crippen LogP contribution in [0.15, 0.2) is 0 Å². The Morgan fingerprint density at radius 1 is 0.867 bits per heavy atom. The van der Waals surface area contributed by atoms with E-state index in [-0.39, 0.29) is 118 Å². The van der Waals surface area contributed by atoms with Gasteiger partial charge in [0.1, 0.15) is 0 Å². The molecule has 76 valence electrons. The fourth-order valence-corrected chi connectivity index (χ4v) is 1.59. The molecule has 0 aromatic rings. The van der Waals surface area contributed by atoms with Crippen LogP contribution in [0.25, 0.3) is 0 Å². The quantitative estimate of drug-likeness (QED) is 0.274. The van der Waals surface area contributed by atoms with Crippen molar-refractivity contribution in [1.29, 1.82) is 0 Å². The predicted octanol–water partition coefficient (Wildman–Crippen LogP) is -1.72. The molecule has 0 radical (unpaired) electrons. The van der Waals surface area contributed by atoms with Gasteiger partial charge in [0.05, 0.1) is 0 Å². The van der Waals surface area contributed by atoms with Crippen molar-refractivity contribution in [2.45, 2.75) is 4.71 Å². The third kappa shape index (κ3) is 24.3. The molecule has 0 bridgehead atoms. The van der Waals surface area contributed by atoms with Crippen molar-refractivity contribution in [3.63, 3.8) is 0 Å². The molecule has 0 aromatic carbocycles. The number of hydrogen-bond donors (Lipinski definition) is 2. The zero-order valence-electron chi connectivity index (χ0n) is 4.78. The van der Waals surface area contributed by atoms with E-state index in [2.05, 4.69) is 9.05 Å². The van der Waals surface area contributed by atoms with E-state index in [4.69, 9.17) is 33.0 Å². The van der Waals surface area contributed by atoms with Crippen molar-refractivity contribution in [1.82, 2.24) is 0 Å². The van der Waals surface area contributed by atoms with Gasteiger partial charge in [0.2, 0.25) is 0 Å². The second-order valence-corrected chi connectivity index (χ2v) is 3.86. The van der Waals surface area contributed by atoms with Crippen molar-refractivity contribution in [3.8, 4) is 0 Å². The molecular formula is CH8Cl2Na4O6P2. The van der Waals surface area contributed by atoms with Gasteiger partial charge in [-0.25, -0.2) is 9.05 Å². The molecule has 6 nitrogen and oxygen atoms in total. The van der Waals surface area contributed by atoms with Gasteiger partial charge in [-0.2, -0.15) is 0 Å². The van der Waals surface area contributed by atoms with Crippen molar-refractivity contribution in [2.24, 2.45) is 0 Å². The van der Waals surface area contributed by atoms with Gasteiger partial charge in [0.25, 0.3) is 0 Å². The Balaban J connectivity index is -0.0000000833.